The van der Waals surface area contributed by atoms with Crippen molar-refractivity contribution >= 4 is 11.6 Å². The molecule has 5 heteroatoms. The van der Waals surface area contributed by atoms with Gasteiger partial charge in [0, 0.05) is 6.42 Å². The maximum Gasteiger partial charge on any atom is 0.270 e. The minimum Gasteiger partial charge on any atom is -0.387 e. The van der Waals surface area contributed by atoms with Gasteiger partial charge in [-0.3, -0.25) is 4.79 Å². The van der Waals surface area contributed by atoms with E-state index in [4.69, 9.17) is 10.1 Å². The number of hydrogen-bond donors (Lipinski definition) is 1. The molecule has 0 aliphatic carbocycles. The summed E-state index contributed by atoms with van der Waals surface area (Å²) in [5.74, 6) is -0.327. The van der Waals surface area contributed by atoms with Gasteiger partial charge in [-0.1, -0.05) is 42.4 Å². The highest BCUT2D eigenvalue weighted by atomic mass is 16.6. The summed E-state index contributed by atoms with van der Waals surface area (Å²) in [7, 11) is 0. The Labute approximate surface area is 111 Å². The van der Waals surface area contributed by atoms with E-state index in [9.17, 15) is 4.79 Å². The van der Waals surface area contributed by atoms with Gasteiger partial charge in [-0.05, 0) is 12.0 Å². The van der Waals surface area contributed by atoms with Crippen LogP contribution < -0.4 is 5.32 Å². The Kier molecular flexibility index (Phi) is 4.14. The van der Waals surface area contributed by atoms with Gasteiger partial charge in [0.05, 0.1) is 6.07 Å². The zero-order chi connectivity index (χ0) is 13.7. The van der Waals surface area contributed by atoms with E-state index in [2.05, 4.69) is 10.5 Å². The van der Waals surface area contributed by atoms with E-state index in [0.717, 1.165) is 5.56 Å². The Balaban J connectivity index is 1.95. The summed E-state index contributed by atoms with van der Waals surface area (Å²) in [6.45, 7) is 1.84. The highest BCUT2D eigenvalue weighted by Gasteiger charge is 2.28. The molecule has 5 nitrogen and oxygen atoms in total. The van der Waals surface area contributed by atoms with Crippen molar-refractivity contribution in [3.05, 3.63) is 35.9 Å². The molecule has 0 saturated heterocycles. The van der Waals surface area contributed by atoms with Gasteiger partial charge >= 0.3 is 0 Å². The first-order valence-corrected chi connectivity index (χ1v) is 6.22. The summed E-state index contributed by atoms with van der Waals surface area (Å²) in [5.41, 5.74) is 1.32. The number of nitrogens with zero attached hydrogens (tertiary/aromatic N) is 2. The lowest BCUT2D eigenvalue weighted by Gasteiger charge is -2.09. The number of rotatable bonds is 4. The first-order valence-electron chi connectivity index (χ1n) is 6.22. The molecule has 2 rings (SSSR count). The monoisotopic (exact) mass is 257 g/mol. The van der Waals surface area contributed by atoms with Crippen LogP contribution in [0.5, 0.6) is 0 Å². The summed E-state index contributed by atoms with van der Waals surface area (Å²) >= 11 is 0. The minimum atomic E-state index is -0.481. The van der Waals surface area contributed by atoms with E-state index in [-0.39, 0.29) is 12.0 Å². The number of nitriles is 1. The molecule has 0 spiro atoms. The summed E-state index contributed by atoms with van der Waals surface area (Å²) in [5, 5.41) is 15.2. The Hall–Kier alpha value is -2.35. The van der Waals surface area contributed by atoms with Gasteiger partial charge in [-0.2, -0.15) is 5.26 Å². The SMILES string of the molecule is CCC(C#N)NC(=O)C1=NOC(c2ccccc2)C1. The third-order valence-electron chi connectivity index (χ3n) is 2.97. The number of carbonyl (C=O) groups excluding carboxylic acids is 1. The van der Waals surface area contributed by atoms with Crippen molar-refractivity contribution in [1.29, 1.82) is 5.26 Å². The molecular weight excluding hydrogens is 242 g/mol. The first-order chi connectivity index (χ1) is 9.24. The first kappa shape index (κ1) is 13.1. The molecule has 0 aromatic heterocycles. The molecule has 2 unspecified atom stereocenters. The van der Waals surface area contributed by atoms with Crippen LogP contribution in [0.4, 0.5) is 0 Å². The van der Waals surface area contributed by atoms with Crippen LogP contribution in [0.25, 0.3) is 0 Å². The van der Waals surface area contributed by atoms with Gasteiger partial charge in [0.25, 0.3) is 5.91 Å². The highest BCUT2D eigenvalue weighted by molar-refractivity contribution is 6.39. The molecular formula is C14H15N3O2. The van der Waals surface area contributed by atoms with Crippen molar-refractivity contribution < 1.29 is 9.63 Å². The third-order valence-corrected chi connectivity index (χ3v) is 2.97. The van der Waals surface area contributed by atoms with Crippen molar-refractivity contribution in [1.82, 2.24) is 5.32 Å². The Bertz CT molecular complexity index is 519. The smallest absolute Gasteiger partial charge is 0.270 e. The van der Waals surface area contributed by atoms with Crippen molar-refractivity contribution in [2.24, 2.45) is 5.16 Å². The van der Waals surface area contributed by atoms with E-state index in [1.54, 1.807) is 0 Å². The maximum atomic E-state index is 11.9. The van der Waals surface area contributed by atoms with Crippen LogP contribution in [0.1, 0.15) is 31.4 Å². The van der Waals surface area contributed by atoms with E-state index >= 15 is 0 Å². The zero-order valence-electron chi connectivity index (χ0n) is 10.7. The molecule has 1 aromatic carbocycles. The molecule has 1 heterocycles. The Morgan fingerprint density at radius 3 is 2.95 bits per heavy atom. The predicted molar refractivity (Wildman–Crippen MR) is 70.2 cm³/mol. The van der Waals surface area contributed by atoms with E-state index in [1.807, 2.05) is 43.3 Å². The molecule has 98 valence electrons. The van der Waals surface area contributed by atoms with Gasteiger partial charge in [0.1, 0.15) is 11.8 Å². The molecule has 0 radical (unpaired) electrons. The summed E-state index contributed by atoms with van der Waals surface area (Å²) < 4.78 is 0. The van der Waals surface area contributed by atoms with Gasteiger partial charge in [-0.25, -0.2) is 0 Å². The fraction of sp³-hybridized carbons (Fsp3) is 0.357. The van der Waals surface area contributed by atoms with E-state index in [0.29, 0.717) is 18.6 Å². The molecule has 1 aliphatic heterocycles. The molecule has 1 amide bonds. The Morgan fingerprint density at radius 1 is 1.58 bits per heavy atom. The van der Waals surface area contributed by atoms with Crippen LogP contribution >= 0.6 is 0 Å². The van der Waals surface area contributed by atoms with Gasteiger partial charge < -0.3 is 10.2 Å². The van der Waals surface area contributed by atoms with Crippen LogP contribution in [-0.4, -0.2) is 17.7 Å². The second kappa shape index (κ2) is 6.01. The lowest BCUT2D eigenvalue weighted by atomic mass is 10.0. The standard InChI is InChI=1S/C14H15N3O2/c1-2-11(9-15)16-14(18)12-8-13(19-17-12)10-6-4-3-5-7-10/h3-7,11,13H,2,8H2,1H3,(H,16,18). The van der Waals surface area contributed by atoms with Crippen LogP contribution in [-0.2, 0) is 9.63 Å². The molecule has 1 N–H and O–H groups in total. The van der Waals surface area contributed by atoms with Gasteiger partial charge in [0.2, 0.25) is 0 Å². The second-order valence-corrected chi connectivity index (χ2v) is 4.31. The molecule has 1 aliphatic rings. The van der Waals surface area contributed by atoms with Gasteiger partial charge in [-0.15, -0.1) is 0 Å². The third kappa shape index (κ3) is 3.10. The van der Waals surface area contributed by atoms with Crippen molar-refractivity contribution in [2.45, 2.75) is 31.9 Å². The molecule has 0 bridgehead atoms. The summed E-state index contributed by atoms with van der Waals surface area (Å²) in [6.07, 6.45) is 0.778. The molecule has 2 atom stereocenters. The number of benzene rings is 1. The lowest BCUT2D eigenvalue weighted by Crippen LogP contribution is -2.37. The largest absolute Gasteiger partial charge is 0.387 e. The quantitative estimate of drug-likeness (QED) is 0.895. The predicted octanol–water partition coefficient (Wildman–Crippen LogP) is 1.92. The highest BCUT2D eigenvalue weighted by Crippen LogP contribution is 2.26. The van der Waals surface area contributed by atoms with Crippen LogP contribution in [0.3, 0.4) is 0 Å². The zero-order valence-corrected chi connectivity index (χ0v) is 10.7. The molecule has 1 aromatic rings. The average molecular weight is 257 g/mol. The van der Waals surface area contributed by atoms with Crippen molar-refractivity contribution in [3.63, 3.8) is 0 Å². The van der Waals surface area contributed by atoms with E-state index < -0.39 is 6.04 Å². The number of oxime groups is 1. The van der Waals surface area contributed by atoms with Crippen molar-refractivity contribution in [2.75, 3.05) is 0 Å². The van der Waals surface area contributed by atoms with E-state index in [1.165, 1.54) is 0 Å². The van der Waals surface area contributed by atoms with Gasteiger partial charge in [0.15, 0.2) is 6.10 Å². The van der Waals surface area contributed by atoms with Crippen LogP contribution in [0.15, 0.2) is 35.5 Å². The Morgan fingerprint density at radius 2 is 2.32 bits per heavy atom. The molecule has 0 fully saturated rings. The van der Waals surface area contributed by atoms with Crippen LogP contribution in [0.2, 0.25) is 0 Å². The normalized spacial score (nSPS) is 18.9. The van der Waals surface area contributed by atoms with Crippen LogP contribution in [0, 0.1) is 11.3 Å². The molecule has 19 heavy (non-hydrogen) atoms. The second-order valence-electron chi connectivity index (χ2n) is 4.31. The summed E-state index contributed by atoms with van der Waals surface area (Å²) in [6, 6.07) is 11.2. The number of amides is 1. The average Bonchev–Trinajstić information content (AvgIpc) is 2.95. The van der Waals surface area contributed by atoms with Crippen molar-refractivity contribution in [3.8, 4) is 6.07 Å². The lowest BCUT2D eigenvalue weighted by molar-refractivity contribution is -0.115. The molecule has 0 saturated carbocycles. The fourth-order valence-electron chi connectivity index (χ4n) is 1.83. The number of nitrogens with one attached hydrogen (secondary N) is 1. The fourth-order valence-corrected chi connectivity index (χ4v) is 1.83. The maximum absolute atomic E-state index is 11.9. The summed E-state index contributed by atoms with van der Waals surface area (Å²) in [4.78, 5) is 17.1. The number of carbonyl (C=O) groups is 1. The topological polar surface area (TPSA) is 74.5 Å². The number of hydrogen-bond acceptors (Lipinski definition) is 4. The minimum absolute atomic E-state index is 0.218.